The van der Waals surface area contributed by atoms with Crippen molar-refractivity contribution in [2.24, 2.45) is 0 Å². The van der Waals surface area contributed by atoms with E-state index in [1.807, 2.05) is 6.92 Å². The van der Waals surface area contributed by atoms with Crippen molar-refractivity contribution in [1.29, 1.82) is 0 Å². The van der Waals surface area contributed by atoms with E-state index >= 15 is 0 Å². The highest BCUT2D eigenvalue weighted by atomic mass is 16.5. The lowest BCUT2D eigenvalue weighted by Gasteiger charge is -2.12. The number of carbonyl (C=O) groups excluding carboxylic acids is 1. The summed E-state index contributed by atoms with van der Waals surface area (Å²) < 4.78 is 10.5. The standard InChI is InChI=1S/C14H17N3O3/c1-9-11(19-2)6-10(7-12(9)20-3)14(18)17-8-13-15-4-5-16-13/h4-7H,8H2,1-3H3,(H,15,16)(H,17,18). The van der Waals surface area contributed by atoms with Crippen molar-refractivity contribution in [3.63, 3.8) is 0 Å². The molecule has 0 saturated carbocycles. The van der Waals surface area contributed by atoms with E-state index in [1.165, 1.54) is 0 Å². The molecule has 1 heterocycles. The molecule has 0 spiro atoms. The number of nitrogens with zero attached hydrogens (tertiary/aromatic N) is 1. The average Bonchev–Trinajstić information content (AvgIpc) is 2.98. The van der Waals surface area contributed by atoms with Gasteiger partial charge in [-0.1, -0.05) is 0 Å². The van der Waals surface area contributed by atoms with Crippen LogP contribution in [0.1, 0.15) is 21.7 Å². The van der Waals surface area contributed by atoms with Crippen molar-refractivity contribution in [2.45, 2.75) is 13.5 Å². The molecular formula is C14H17N3O3. The molecule has 2 N–H and O–H groups in total. The maximum atomic E-state index is 12.1. The number of hydrogen-bond donors (Lipinski definition) is 2. The van der Waals surface area contributed by atoms with E-state index in [1.54, 1.807) is 38.7 Å². The number of rotatable bonds is 5. The molecule has 0 aliphatic heterocycles. The SMILES string of the molecule is COc1cc(C(=O)NCc2ncc[nH]2)cc(OC)c1C. The fourth-order valence-electron chi connectivity index (χ4n) is 1.88. The molecule has 0 aliphatic rings. The molecule has 2 aromatic rings. The van der Waals surface area contributed by atoms with Crippen molar-refractivity contribution in [3.05, 3.63) is 41.5 Å². The van der Waals surface area contributed by atoms with E-state index < -0.39 is 0 Å². The fourth-order valence-corrected chi connectivity index (χ4v) is 1.88. The maximum absolute atomic E-state index is 12.1. The number of benzene rings is 1. The molecule has 2 rings (SSSR count). The molecule has 0 fully saturated rings. The van der Waals surface area contributed by atoms with Gasteiger partial charge in [0.2, 0.25) is 0 Å². The first-order valence-electron chi connectivity index (χ1n) is 6.14. The van der Waals surface area contributed by atoms with Crippen LogP contribution in [-0.2, 0) is 6.54 Å². The Labute approximate surface area is 117 Å². The highest BCUT2D eigenvalue weighted by molar-refractivity contribution is 5.95. The molecule has 0 radical (unpaired) electrons. The molecule has 0 aliphatic carbocycles. The van der Waals surface area contributed by atoms with Gasteiger partial charge in [0.25, 0.3) is 5.91 Å². The van der Waals surface area contributed by atoms with Gasteiger partial charge in [-0.25, -0.2) is 4.98 Å². The molecule has 1 aromatic carbocycles. The molecule has 1 aromatic heterocycles. The molecule has 1 amide bonds. The van der Waals surface area contributed by atoms with E-state index in [0.29, 0.717) is 29.4 Å². The number of ether oxygens (including phenoxy) is 2. The minimum absolute atomic E-state index is 0.210. The Balaban J connectivity index is 2.16. The van der Waals surface area contributed by atoms with Crippen molar-refractivity contribution in [2.75, 3.05) is 14.2 Å². The minimum Gasteiger partial charge on any atom is -0.496 e. The van der Waals surface area contributed by atoms with Crippen LogP contribution in [-0.4, -0.2) is 30.1 Å². The largest absolute Gasteiger partial charge is 0.496 e. The number of aromatic amines is 1. The number of H-pyrrole nitrogens is 1. The number of hydrogen-bond acceptors (Lipinski definition) is 4. The number of nitrogens with one attached hydrogen (secondary N) is 2. The Morgan fingerprint density at radius 2 is 1.95 bits per heavy atom. The third-order valence-corrected chi connectivity index (χ3v) is 2.99. The van der Waals surface area contributed by atoms with Crippen LogP contribution in [0.2, 0.25) is 0 Å². The summed E-state index contributed by atoms with van der Waals surface area (Å²) >= 11 is 0. The molecule has 6 heteroatoms. The van der Waals surface area contributed by atoms with Gasteiger partial charge in [0.1, 0.15) is 17.3 Å². The van der Waals surface area contributed by atoms with Gasteiger partial charge < -0.3 is 19.8 Å². The van der Waals surface area contributed by atoms with Crippen molar-refractivity contribution < 1.29 is 14.3 Å². The van der Waals surface area contributed by atoms with Crippen LogP contribution in [0.5, 0.6) is 11.5 Å². The van der Waals surface area contributed by atoms with Gasteiger partial charge in [0, 0.05) is 23.5 Å². The molecule has 0 saturated heterocycles. The van der Waals surface area contributed by atoms with E-state index in [4.69, 9.17) is 9.47 Å². The van der Waals surface area contributed by atoms with Gasteiger partial charge in [0.05, 0.1) is 20.8 Å². The lowest BCUT2D eigenvalue weighted by molar-refractivity contribution is 0.0949. The first kappa shape index (κ1) is 13.9. The molecule has 106 valence electrons. The van der Waals surface area contributed by atoms with Crippen LogP contribution in [0, 0.1) is 6.92 Å². The Morgan fingerprint density at radius 3 is 2.45 bits per heavy atom. The summed E-state index contributed by atoms with van der Waals surface area (Å²) in [5, 5.41) is 2.78. The van der Waals surface area contributed by atoms with Gasteiger partial charge >= 0.3 is 0 Å². The third kappa shape index (κ3) is 2.90. The number of aromatic nitrogens is 2. The van der Waals surface area contributed by atoms with E-state index in [-0.39, 0.29) is 5.91 Å². The van der Waals surface area contributed by atoms with Crippen LogP contribution in [0.4, 0.5) is 0 Å². The predicted octanol–water partition coefficient (Wildman–Crippen LogP) is 1.67. The lowest BCUT2D eigenvalue weighted by Crippen LogP contribution is -2.23. The number of imidazole rings is 1. The summed E-state index contributed by atoms with van der Waals surface area (Å²) in [4.78, 5) is 19.1. The summed E-state index contributed by atoms with van der Waals surface area (Å²) in [7, 11) is 3.12. The minimum atomic E-state index is -0.210. The molecule has 0 atom stereocenters. The third-order valence-electron chi connectivity index (χ3n) is 2.99. The van der Waals surface area contributed by atoms with Crippen LogP contribution < -0.4 is 14.8 Å². The summed E-state index contributed by atoms with van der Waals surface area (Å²) in [5.41, 5.74) is 1.34. The monoisotopic (exact) mass is 275 g/mol. The molecule has 6 nitrogen and oxygen atoms in total. The summed E-state index contributed by atoms with van der Waals surface area (Å²) in [6, 6.07) is 3.38. The van der Waals surface area contributed by atoms with Crippen LogP contribution in [0.25, 0.3) is 0 Å². The van der Waals surface area contributed by atoms with Gasteiger partial charge in [-0.15, -0.1) is 0 Å². The normalized spacial score (nSPS) is 10.2. The van der Waals surface area contributed by atoms with Crippen LogP contribution >= 0.6 is 0 Å². The van der Waals surface area contributed by atoms with Crippen LogP contribution in [0.3, 0.4) is 0 Å². The highest BCUT2D eigenvalue weighted by Crippen LogP contribution is 2.29. The van der Waals surface area contributed by atoms with E-state index in [0.717, 1.165) is 5.56 Å². The Hall–Kier alpha value is -2.50. The topological polar surface area (TPSA) is 76.2 Å². The summed E-state index contributed by atoms with van der Waals surface area (Å²) in [6.07, 6.45) is 3.35. The Morgan fingerprint density at radius 1 is 1.30 bits per heavy atom. The zero-order chi connectivity index (χ0) is 14.5. The predicted molar refractivity (Wildman–Crippen MR) is 74.0 cm³/mol. The molecule has 20 heavy (non-hydrogen) atoms. The van der Waals surface area contributed by atoms with Gasteiger partial charge in [-0.3, -0.25) is 4.79 Å². The van der Waals surface area contributed by atoms with Crippen LogP contribution in [0.15, 0.2) is 24.5 Å². The molecule has 0 bridgehead atoms. The average molecular weight is 275 g/mol. The van der Waals surface area contributed by atoms with Crippen molar-refractivity contribution in [1.82, 2.24) is 15.3 Å². The fraction of sp³-hybridized carbons (Fsp3) is 0.286. The summed E-state index contributed by atoms with van der Waals surface area (Å²) in [6.45, 7) is 2.21. The summed E-state index contributed by atoms with van der Waals surface area (Å²) in [5.74, 6) is 1.72. The number of methoxy groups -OCH3 is 2. The first-order valence-corrected chi connectivity index (χ1v) is 6.14. The lowest BCUT2D eigenvalue weighted by atomic mass is 10.1. The zero-order valence-corrected chi connectivity index (χ0v) is 11.7. The molecule has 0 unspecified atom stereocenters. The van der Waals surface area contributed by atoms with Crippen molar-refractivity contribution >= 4 is 5.91 Å². The van der Waals surface area contributed by atoms with E-state index in [9.17, 15) is 4.79 Å². The highest BCUT2D eigenvalue weighted by Gasteiger charge is 2.13. The quantitative estimate of drug-likeness (QED) is 0.870. The molecular weight excluding hydrogens is 258 g/mol. The van der Waals surface area contributed by atoms with Gasteiger partial charge in [-0.05, 0) is 19.1 Å². The smallest absolute Gasteiger partial charge is 0.251 e. The maximum Gasteiger partial charge on any atom is 0.251 e. The second-order valence-electron chi connectivity index (χ2n) is 4.22. The Kier molecular flexibility index (Phi) is 4.24. The van der Waals surface area contributed by atoms with Gasteiger partial charge in [0.15, 0.2) is 0 Å². The van der Waals surface area contributed by atoms with Gasteiger partial charge in [-0.2, -0.15) is 0 Å². The van der Waals surface area contributed by atoms with E-state index in [2.05, 4.69) is 15.3 Å². The number of carbonyl (C=O) groups is 1. The Bertz CT molecular complexity index is 569. The van der Waals surface area contributed by atoms with Crippen molar-refractivity contribution in [3.8, 4) is 11.5 Å². The second-order valence-corrected chi connectivity index (χ2v) is 4.22. The zero-order valence-electron chi connectivity index (χ0n) is 11.7. The first-order chi connectivity index (χ1) is 9.65. The number of amides is 1. The second kappa shape index (κ2) is 6.10.